The molecule has 2 heterocycles. The number of ether oxygens (including phenoxy) is 3. The highest BCUT2D eigenvalue weighted by Crippen LogP contribution is 2.33. The summed E-state index contributed by atoms with van der Waals surface area (Å²) in [6.45, 7) is 2.04. The molecule has 0 fully saturated rings. The molecular weight excluding hydrogens is 426 g/mol. The molecule has 2 aromatic carbocycles. The van der Waals surface area contributed by atoms with Gasteiger partial charge in [-0.05, 0) is 12.5 Å². The average Bonchev–Trinajstić information content (AvgIpc) is 3.05. The van der Waals surface area contributed by atoms with Crippen molar-refractivity contribution in [3.8, 4) is 5.75 Å². The number of halogens is 1. The van der Waals surface area contributed by atoms with Gasteiger partial charge in [0.15, 0.2) is 6.79 Å². The molecule has 0 spiro atoms. The summed E-state index contributed by atoms with van der Waals surface area (Å²) in [5, 5.41) is 15.7. The van der Waals surface area contributed by atoms with Crippen molar-refractivity contribution >= 4 is 23.3 Å². The molecule has 0 saturated heterocycles. The van der Waals surface area contributed by atoms with Gasteiger partial charge in [0.25, 0.3) is 5.69 Å². The first-order valence-electron chi connectivity index (χ1n) is 9.38. The van der Waals surface area contributed by atoms with Crippen LogP contribution in [0.25, 0.3) is 0 Å². The van der Waals surface area contributed by atoms with Crippen LogP contribution in [-0.4, -0.2) is 27.5 Å². The molecule has 1 aliphatic rings. The van der Waals surface area contributed by atoms with Crippen molar-refractivity contribution in [2.75, 3.05) is 6.79 Å². The molecule has 0 saturated carbocycles. The van der Waals surface area contributed by atoms with Crippen molar-refractivity contribution < 1.29 is 23.9 Å². The fraction of sp³-hybridized carbons (Fsp3) is 0.238. The number of fused-ring (bicyclic) bond motifs is 1. The number of carbonyl (C=O) groups excluding carboxylic acids is 1. The van der Waals surface area contributed by atoms with Crippen LogP contribution in [0.4, 0.5) is 5.69 Å². The predicted octanol–water partition coefficient (Wildman–Crippen LogP) is 4.02. The number of non-ortho nitro benzene ring substituents is 1. The number of nitrogens with zero attached hydrogens (tertiary/aromatic N) is 3. The maximum Gasteiger partial charge on any atom is 0.343 e. The summed E-state index contributed by atoms with van der Waals surface area (Å²) in [6, 6.07) is 12.3. The molecule has 160 valence electrons. The molecule has 9 nitrogen and oxygen atoms in total. The van der Waals surface area contributed by atoms with Crippen molar-refractivity contribution in [2.45, 2.75) is 26.7 Å². The molecule has 4 rings (SSSR count). The van der Waals surface area contributed by atoms with Crippen molar-refractivity contribution in [1.82, 2.24) is 9.78 Å². The van der Waals surface area contributed by atoms with E-state index < -0.39 is 10.9 Å². The second-order valence-corrected chi connectivity index (χ2v) is 7.29. The van der Waals surface area contributed by atoms with Gasteiger partial charge >= 0.3 is 5.97 Å². The van der Waals surface area contributed by atoms with Crippen LogP contribution in [-0.2, 0) is 29.2 Å². The van der Waals surface area contributed by atoms with Crippen LogP contribution in [0.2, 0.25) is 5.15 Å². The number of rotatable bonds is 6. The molecule has 31 heavy (non-hydrogen) atoms. The second-order valence-electron chi connectivity index (χ2n) is 6.93. The number of aryl methyl sites for hydroxylation is 1. The van der Waals surface area contributed by atoms with Crippen molar-refractivity contribution in [1.29, 1.82) is 0 Å². The number of esters is 1. The third-order valence-corrected chi connectivity index (χ3v) is 5.17. The van der Waals surface area contributed by atoms with Crippen LogP contribution in [0.5, 0.6) is 5.75 Å². The van der Waals surface area contributed by atoms with E-state index in [-0.39, 0.29) is 36.4 Å². The van der Waals surface area contributed by atoms with Gasteiger partial charge in [-0.1, -0.05) is 41.9 Å². The first-order valence-corrected chi connectivity index (χ1v) is 9.76. The summed E-state index contributed by atoms with van der Waals surface area (Å²) in [5.41, 5.74) is 2.33. The van der Waals surface area contributed by atoms with Crippen LogP contribution in [0.15, 0.2) is 42.5 Å². The maximum absolute atomic E-state index is 12.8. The fourth-order valence-electron chi connectivity index (χ4n) is 3.36. The van der Waals surface area contributed by atoms with Crippen molar-refractivity contribution in [2.24, 2.45) is 0 Å². The predicted molar refractivity (Wildman–Crippen MR) is 110 cm³/mol. The molecule has 10 heteroatoms. The van der Waals surface area contributed by atoms with E-state index in [9.17, 15) is 14.9 Å². The fourth-order valence-corrected chi connectivity index (χ4v) is 3.67. The number of nitro benzene ring substituents is 1. The molecule has 1 aromatic heterocycles. The molecular formula is C21H18ClN3O6. The lowest BCUT2D eigenvalue weighted by atomic mass is 10.1. The highest BCUT2D eigenvalue weighted by atomic mass is 35.5. The smallest absolute Gasteiger partial charge is 0.343 e. The van der Waals surface area contributed by atoms with E-state index in [1.807, 2.05) is 30.3 Å². The van der Waals surface area contributed by atoms with Gasteiger partial charge in [0, 0.05) is 23.3 Å². The summed E-state index contributed by atoms with van der Waals surface area (Å²) >= 11 is 6.41. The number of nitro groups is 1. The topological polar surface area (TPSA) is 106 Å². The first kappa shape index (κ1) is 20.8. The second kappa shape index (κ2) is 8.75. The summed E-state index contributed by atoms with van der Waals surface area (Å²) < 4.78 is 17.6. The monoisotopic (exact) mass is 443 g/mol. The van der Waals surface area contributed by atoms with E-state index in [1.165, 1.54) is 16.8 Å². The van der Waals surface area contributed by atoms with Crippen LogP contribution in [0.3, 0.4) is 0 Å². The summed E-state index contributed by atoms with van der Waals surface area (Å²) in [5.74, 6) is -0.249. The maximum atomic E-state index is 12.8. The molecule has 0 aliphatic carbocycles. The number of carbonyl (C=O) groups is 1. The molecule has 3 aromatic rings. The molecule has 0 radical (unpaired) electrons. The Morgan fingerprint density at radius 3 is 2.84 bits per heavy atom. The first-order chi connectivity index (χ1) is 14.9. The Labute approximate surface area is 182 Å². The SMILES string of the molecule is Cc1nn(Cc2ccccc2)c(Cl)c1C(=O)OCc1cc([N+](=O)[O-])cc2c1OCOC2. The van der Waals surface area contributed by atoms with Gasteiger partial charge in [-0.25, -0.2) is 9.48 Å². The van der Waals surface area contributed by atoms with Gasteiger partial charge in [0.1, 0.15) is 23.1 Å². The van der Waals surface area contributed by atoms with Gasteiger partial charge in [-0.2, -0.15) is 5.10 Å². The van der Waals surface area contributed by atoms with Crippen LogP contribution < -0.4 is 4.74 Å². The number of benzene rings is 2. The third-order valence-electron chi connectivity index (χ3n) is 4.79. The summed E-state index contributed by atoms with van der Waals surface area (Å²) in [4.78, 5) is 23.5. The Balaban J connectivity index is 1.55. The standard InChI is InChI=1S/C21H18ClN3O6/c1-13-18(20(22)24(23-13)9-14-5-3-2-4-6-14)21(26)30-11-16-8-17(25(27)28)7-15-10-29-12-31-19(15)16/h2-8H,9-12H2,1H3. The van der Waals surface area contributed by atoms with Gasteiger partial charge in [-0.15, -0.1) is 0 Å². The van der Waals surface area contributed by atoms with Gasteiger partial charge < -0.3 is 14.2 Å². The summed E-state index contributed by atoms with van der Waals surface area (Å²) in [7, 11) is 0. The van der Waals surface area contributed by atoms with Gasteiger partial charge in [0.05, 0.1) is 23.8 Å². The van der Waals surface area contributed by atoms with E-state index in [0.717, 1.165) is 5.56 Å². The lowest BCUT2D eigenvalue weighted by Gasteiger charge is -2.20. The molecule has 0 N–H and O–H groups in total. The number of hydrogen-bond acceptors (Lipinski definition) is 7. The molecule has 0 unspecified atom stereocenters. The highest BCUT2D eigenvalue weighted by Gasteiger charge is 2.25. The Kier molecular flexibility index (Phi) is 5.88. The number of aromatic nitrogens is 2. The molecule has 0 bridgehead atoms. The zero-order chi connectivity index (χ0) is 22.0. The van der Waals surface area contributed by atoms with E-state index >= 15 is 0 Å². The quantitative estimate of drug-likeness (QED) is 0.321. The number of hydrogen-bond donors (Lipinski definition) is 0. The Hall–Kier alpha value is -3.43. The minimum Gasteiger partial charge on any atom is -0.467 e. The molecule has 0 amide bonds. The largest absolute Gasteiger partial charge is 0.467 e. The lowest BCUT2D eigenvalue weighted by molar-refractivity contribution is -0.385. The zero-order valence-electron chi connectivity index (χ0n) is 16.5. The minimum atomic E-state index is -0.672. The van der Waals surface area contributed by atoms with E-state index in [1.54, 1.807) is 6.92 Å². The Bertz CT molecular complexity index is 1150. The highest BCUT2D eigenvalue weighted by molar-refractivity contribution is 6.32. The van der Waals surface area contributed by atoms with E-state index in [0.29, 0.717) is 29.1 Å². The molecule has 1 aliphatic heterocycles. The van der Waals surface area contributed by atoms with Gasteiger partial charge in [0.2, 0.25) is 0 Å². The Morgan fingerprint density at radius 1 is 1.32 bits per heavy atom. The third kappa shape index (κ3) is 4.37. The van der Waals surface area contributed by atoms with E-state index in [4.69, 9.17) is 25.8 Å². The van der Waals surface area contributed by atoms with Crippen LogP contribution in [0, 0.1) is 17.0 Å². The average molecular weight is 444 g/mol. The lowest BCUT2D eigenvalue weighted by Crippen LogP contribution is -2.15. The summed E-state index contributed by atoms with van der Waals surface area (Å²) in [6.07, 6.45) is 0. The van der Waals surface area contributed by atoms with Crippen LogP contribution >= 0.6 is 11.6 Å². The zero-order valence-corrected chi connectivity index (χ0v) is 17.3. The molecule has 0 atom stereocenters. The van der Waals surface area contributed by atoms with E-state index in [2.05, 4.69) is 5.10 Å². The normalized spacial score (nSPS) is 12.7. The van der Waals surface area contributed by atoms with Crippen LogP contribution in [0.1, 0.15) is 32.7 Å². The van der Waals surface area contributed by atoms with Crippen molar-refractivity contribution in [3.63, 3.8) is 0 Å². The Morgan fingerprint density at radius 2 is 2.10 bits per heavy atom. The van der Waals surface area contributed by atoms with Gasteiger partial charge in [-0.3, -0.25) is 10.1 Å². The minimum absolute atomic E-state index is 0.0168. The van der Waals surface area contributed by atoms with Crippen molar-refractivity contribution in [3.05, 3.63) is 85.7 Å².